The average molecular weight is 370 g/mol. The van der Waals surface area contributed by atoms with E-state index in [1.54, 1.807) is 31.4 Å². The van der Waals surface area contributed by atoms with Gasteiger partial charge in [0.15, 0.2) is 6.61 Å². The number of methoxy groups -OCH3 is 1. The van der Waals surface area contributed by atoms with Crippen molar-refractivity contribution in [1.82, 2.24) is 10.2 Å². The second-order valence-electron chi connectivity index (χ2n) is 6.40. The molecule has 0 atom stereocenters. The number of ether oxygens (including phenoxy) is 3. The van der Waals surface area contributed by atoms with Crippen LogP contribution in [0, 0.1) is 0 Å². The summed E-state index contributed by atoms with van der Waals surface area (Å²) < 4.78 is 16.0. The summed E-state index contributed by atoms with van der Waals surface area (Å²) in [6, 6.07) is 15.4. The Balaban J connectivity index is 1.47. The molecule has 0 aromatic heterocycles. The predicted molar refractivity (Wildman–Crippen MR) is 103 cm³/mol. The molecule has 0 unspecified atom stereocenters. The highest BCUT2D eigenvalue weighted by atomic mass is 16.5. The first-order valence-electron chi connectivity index (χ1n) is 9.15. The molecule has 1 N–H and O–H groups in total. The summed E-state index contributed by atoms with van der Waals surface area (Å²) in [5, 5.41) is 2.94. The number of benzene rings is 2. The number of amides is 1. The molecule has 2 aromatic rings. The molecule has 1 heterocycles. The van der Waals surface area contributed by atoms with E-state index in [1.165, 1.54) is 5.56 Å². The lowest BCUT2D eigenvalue weighted by molar-refractivity contribution is -0.123. The molecule has 0 aliphatic carbocycles. The van der Waals surface area contributed by atoms with Crippen molar-refractivity contribution in [3.63, 3.8) is 0 Å². The van der Waals surface area contributed by atoms with Gasteiger partial charge >= 0.3 is 0 Å². The highest BCUT2D eigenvalue weighted by Crippen LogP contribution is 2.17. The normalized spacial score (nSPS) is 14.6. The Bertz CT molecular complexity index is 727. The lowest BCUT2D eigenvalue weighted by Gasteiger charge is -2.27. The summed E-state index contributed by atoms with van der Waals surface area (Å²) in [7, 11) is 1.61. The van der Waals surface area contributed by atoms with E-state index in [2.05, 4.69) is 22.3 Å². The average Bonchev–Trinajstić information content (AvgIpc) is 2.73. The number of hydrogen-bond donors (Lipinski definition) is 1. The van der Waals surface area contributed by atoms with Gasteiger partial charge in [0, 0.05) is 26.2 Å². The fourth-order valence-corrected chi connectivity index (χ4v) is 2.95. The minimum atomic E-state index is -0.146. The molecule has 1 aliphatic heterocycles. The number of nitrogens with zero attached hydrogens (tertiary/aromatic N) is 1. The first kappa shape index (κ1) is 19.2. The number of carbonyl (C=O) groups excluding carboxylic acids is 1. The van der Waals surface area contributed by atoms with Crippen LogP contribution < -0.4 is 14.8 Å². The van der Waals surface area contributed by atoms with Gasteiger partial charge in [-0.3, -0.25) is 9.69 Å². The van der Waals surface area contributed by atoms with Gasteiger partial charge in [0.25, 0.3) is 5.91 Å². The molecule has 1 amide bonds. The summed E-state index contributed by atoms with van der Waals surface area (Å²) in [6.07, 6.45) is 0. The number of morpholine rings is 1. The van der Waals surface area contributed by atoms with E-state index in [9.17, 15) is 4.79 Å². The Kier molecular flexibility index (Phi) is 7.07. The van der Waals surface area contributed by atoms with Gasteiger partial charge in [-0.25, -0.2) is 0 Å². The first-order valence-corrected chi connectivity index (χ1v) is 9.15. The minimum Gasteiger partial charge on any atom is -0.497 e. The molecule has 6 heteroatoms. The van der Waals surface area contributed by atoms with Gasteiger partial charge in [-0.15, -0.1) is 0 Å². The number of rotatable bonds is 8. The highest BCUT2D eigenvalue weighted by molar-refractivity contribution is 5.77. The van der Waals surface area contributed by atoms with E-state index in [-0.39, 0.29) is 12.5 Å². The Morgan fingerprint density at radius 2 is 1.70 bits per heavy atom. The van der Waals surface area contributed by atoms with Gasteiger partial charge in [0.2, 0.25) is 0 Å². The summed E-state index contributed by atoms with van der Waals surface area (Å²) in [5.74, 6) is 1.24. The van der Waals surface area contributed by atoms with Crippen LogP contribution in [0.2, 0.25) is 0 Å². The number of carbonyl (C=O) groups is 1. The van der Waals surface area contributed by atoms with Crippen molar-refractivity contribution < 1.29 is 19.0 Å². The Hall–Kier alpha value is -2.57. The second kappa shape index (κ2) is 9.94. The first-order chi connectivity index (χ1) is 13.2. The Morgan fingerprint density at radius 3 is 2.41 bits per heavy atom. The molecular formula is C21H26N2O4. The SMILES string of the molecule is COc1ccc(OCC(=O)NCc2ccccc2CN2CCOCC2)cc1. The summed E-state index contributed by atoms with van der Waals surface area (Å²) in [6.45, 7) is 4.79. The van der Waals surface area contributed by atoms with Gasteiger partial charge in [-0.05, 0) is 35.4 Å². The van der Waals surface area contributed by atoms with Crippen molar-refractivity contribution >= 4 is 5.91 Å². The number of hydrogen-bond acceptors (Lipinski definition) is 5. The van der Waals surface area contributed by atoms with E-state index in [4.69, 9.17) is 14.2 Å². The van der Waals surface area contributed by atoms with Crippen molar-refractivity contribution in [2.75, 3.05) is 40.0 Å². The van der Waals surface area contributed by atoms with E-state index < -0.39 is 0 Å². The van der Waals surface area contributed by atoms with Crippen LogP contribution in [-0.2, 0) is 22.6 Å². The predicted octanol–water partition coefficient (Wildman–Crippen LogP) is 2.22. The van der Waals surface area contributed by atoms with Gasteiger partial charge in [0.1, 0.15) is 11.5 Å². The molecule has 6 nitrogen and oxygen atoms in total. The lowest BCUT2D eigenvalue weighted by Crippen LogP contribution is -2.36. The smallest absolute Gasteiger partial charge is 0.258 e. The van der Waals surface area contributed by atoms with Crippen LogP contribution >= 0.6 is 0 Å². The maximum atomic E-state index is 12.1. The van der Waals surface area contributed by atoms with E-state index >= 15 is 0 Å². The van der Waals surface area contributed by atoms with Crippen LogP contribution in [0.15, 0.2) is 48.5 Å². The summed E-state index contributed by atoms with van der Waals surface area (Å²) in [5.41, 5.74) is 2.36. The van der Waals surface area contributed by atoms with Gasteiger partial charge in [-0.1, -0.05) is 24.3 Å². The van der Waals surface area contributed by atoms with Gasteiger partial charge in [0.05, 0.1) is 20.3 Å². The third-order valence-corrected chi connectivity index (χ3v) is 4.52. The highest BCUT2D eigenvalue weighted by Gasteiger charge is 2.13. The summed E-state index contributed by atoms with van der Waals surface area (Å²) >= 11 is 0. The van der Waals surface area contributed by atoms with Crippen molar-refractivity contribution in [3.05, 3.63) is 59.7 Å². The molecular weight excluding hydrogens is 344 g/mol. The zero-order valence-corrected chi connectivity index (χ0v) is 15.6. The van der Waals surface area contributed by atoms with Gasteiger partial charge < -0.3 is 19.5 Å². The van der Waals surface area contributed by atoms with Crippen LogP contribution in [0.1, 0.15) is 11.1 Å². The monoisotopic (exact) mass is 370 g/mol. The zero-order valence-electron chi connectivity index (χ0n) is 15.6. The molecule has 3 rings (SSSR count). The zero-order chi connectivity index (χ0) is 18.9. The largest absolute Gasteiger partial charge is 0.497 e. The molecule has 1 aliphatic rings. The molecule has 1 saturated heterocycles. The third-order valence-electron chi connectivity index (χ3n) is 4.52. The van der Waals surface area contributed by atoms with Crippen LogP contribution in [0.4, 0.5) is 0 Å². The molecule has 0 radical (unpaired) electrons. The molecule has 144 valence electrons. The van der Waals surface area contributed by atoms with Crippen LogP contribution in [-0.4, -0.2) is 50.8 Å². The molecule has 0 bridgehead atoms. The third kappa shape index (κ3) is 5.98. The van der Waals surface area contributed by atoms with E-state index in [0.717, 1.165) is 44.2 Å². The minimum absolute atomic E-state index is 0.0159. The van der Waals surface area contributed by atoms with Crippen molar-refractivity contribution in [2.24, 2.45) is 0 Å². The number of nitrogens with one attached hydrogen (secondary N) is 1. The van der Waals surface area contributed by atoms with Crippen molar-refractivity contribution in [1.29, 1.82) is 0 Å². The van der Waals surface area contributed by atoms with Crippen LogP contribution in [0.3, 0.4) is 0 Å². The summed E-state index contributed by atoms with van der Waals surface area (Å²) in [4.78, 5) is 14.5. The van der Waals surface area contributed by atoms with Gasteiger partial charge in [-0.2, -0.15) is 0 Å². The molecule has 0 saturated carbocycles. The fourth-order valence-electron chi connectivity index (χ4n) is 2.95. The maximum Gasteiger partial charge on any atom is 0.258 e. The van der Waals surface area contributed by atoms with E-state index in [1.807, 2.05) is 12.1 Å². The van der Waals surface area contributed by atoms with E-state index in [0.29, 0.717) is 12.3 Å². The van der Waals surface area contributed by atoms with Crippen molar-refractivity contribution in [3.8, 4) is 11.5 Å². The fraction of sp³-hybridized carbons (Fsp3) is 0.381. The lowest BCUT2D eigenvalue weighted by atomic mass is 10.1. The quantitative estimate of drug-likeness (QED) is 0.772. The molecule has 2 aromatic carbocycles. The maximum absolute atomic E-state index is 12.1. The Morgan fingerprint density at radius 1 is 1.04 bits per heavy atom. The molecule has 27 heavy (non-hydrogen) atoms. The van der Waals surface area contributed by atoms with Crippen molar-refractivity contribution in [2.45, 2.75) is 13.1 Å². The standard InChI is InChI=1S/C21H26N2O4/c1-25-19-6-8-20(9-7-19)27-16-21(24)22-14-17-4-2-3-5-18(17)15-23-10-12-26-13-11-23/h2-9H,10-16H2,1H3,(H,22,24). The molecule has 1 fully saturated rings. The van der Waals surface area contributed by atoms with Crippen LogP contribution in [0.5, 0.6) is 11.5 Å². The topological polar surface area (TPSA) is 60.0 Å². The van der Waals surface area contributed by atoms with Crippen LogP contribution in [0.25, 0.3) is 0 Å². The second-order valence-corrected chi connectivity index (χ2v) is 6.40. The molecule has 0 spiro atoms. The Labute approximate surface area is 160 Å².